The normalized spacial score (nSPS) is 5.61. The van der Waals surface area contributed by atoms with Crippen LogP contribution in [0.4, 0.5) is 0 Å². The van der Waals surface area contributed by atoms with Crippen molar-refractivity contribution in [3.8, 4) is 0 Å². The molecular weight excluding hydrogens is 1500 g/mol. The van der Waals surface area contributed by atoms with E-state index in [0.717, 1.165) is 42.4 Å². The third-order valence-corrected chi connectivity index (χ3v) is 2.67. The van der Waals surface area contributed by atoms with Crippen molar-refractivity contribution in [1.82, 2.24) is 0 Å². The van der Waals surface area contributed by atoms with Crippen LogP contribution in [0.1, 0.15) is 76.7 Å². The summed E-state index contributed by atoms with van der Waals surface area (Å²) in [6, 6.07) is 48.0. The Bertz CT molecular complexity index is 837. The number of rotatable bonds is 0. The van der Waals surface area contributed by atoms with Gasteiger partial charge in [0.2, 0.25) is 0 Å². The van der Waals surface area contributed by atoms with Gasteiger partial charge in [0.05, 0.1) is 0 Å². The molecule has 0 spiro atoms. The molecule has 0 aliphatic heterocycles. The first-order valence-corrected chi connectivity index (χ1v) is 24.6. The van der Waals surface area contributed by atoms with Gasteiger partial charge in [-0.15, -0.1) is 18.5 Å². The molecule has 0 amide bonds. The van der Waals surface area contributed by atoms with Gasteiger partial charge in [-0.3, -0.25) is 40.5 Å². The van der Waals surface area contributed by atoms with E-state index in [4.69, 9.17) is 50.7 Å². The molecule has 0 saturated heterocycles. The second kappa shape index (κ2) is 195. The maximum absolute atomic E-state index is 8.81. The molecule has 67 heavy (non-hydrogen) atoms. The fourth-order valence-electron chi connectivity index (χ4n) is 1.54. The van der Waals surface area contributed by atoms with Crippen molar-refractivity contribution in [3.05, 3.63) is 186 Å². The van der Waals surface area contributed by atoms with E-state index in [-0.39, 0.29) is 69.4 Å². The van der Waals surface area contributed by atoms with E-state index in [1.165, 1.54) is 8.86 Å². The first-order chi connectivity index (χ1) is 29.8. The zero-order chi connectivity index (χ0) is 52.7. The minimum Gasteiger partial charge on any atom is -0.400 e. The predicted molar refractivity (Wildman–Crippen MR) is 328 cm³/mol. The van der Waals surface area contributed by atoms with E-state index < -0.39 is 19.7 Å². The Kier molecular flexibility index (Phi) is 366. The molecule has 4 unspecified atom stereocenters. The standard InChI is InChI=1S/4C6H6.2C2H5I.4C2H6.4CH3NO2.2CH4O.2CH5P.CH4.2H3P.2W/c4*1-2-4-6-5-3-1;2*1-2-3;4*1-2;4*1-2(3)4;4*1-2;;;;;/h4*1-6H;2*2H2,1H3;4*1-2H3;4*1H3;2*2H,1H3;2*2H2,1H3;1H4;2*1H3;;. The number of hydrogen-bond acceptors (Lipinski definition) is 10. The molecule has 0 fully saturated rings. The molecular formula is C45H98I2N4O10P4W2. The van der Waals surface area contributed by atoms with E-state index in [1.807, 2.05) is 214 Å². The van der Waals surface area contributed by atoms with Crippen LogP contribution in [0.25, 0.3) is 0 Å². The van der Waals surface area contributed by atoms with Crippen molar-refractivity contribution < 1.29 is 72.0 Å². The summed E-state index contributed by atoms with van der Waals surface area (Å²) in [4.78, 5) is 33.2. The van der Waals surface area contributed by atoms with Crippen LogP contribution in [-0.4, -0.2) is 94.5 Å². The van der Waals surface area contributed by atoms with E-state index in [0.29, 0.717) is 0 Å². The summed E-state index contributed by atoms with van der Waals surface area (Å²) < 4.78 is 2.44. The summed E-state index contributed by atoms with van der Waals surface area (Å²) in [5, 5.41) is 49.2. The summed E-state index contributed by atoms with van der Waals surface area (Å²) in [6.07, 6.45) is 0. The van der Waals surface area contributed by atoms with Gasteiger partial charge < -0.3 is 10.2 Å². The van der Waals surface area contributed by atoms with E-state index in [9.17, 15) is 0 Å². The Labute approximate surface area is 478 Å². The van der Waals surface area contributed by atoms with Gasteiger partial charge in [-0.25, -0.2) is 0 Å². The first kappa shape index (κ1) is 126. The van der Waals surface area contributed by atoms with Crippen LogP contribution in [0.3, 0.4) is 0 Å². The van der Waals surface area contributed by atoms with Gasteiger partial charge in [-0.2, -0.15) is 19.8 Å². The molecule has 0 aromatic heterocycles. The Morgan fingerprint density at radius 1 is 0.343 bits per heavy atom. The zero-order valence-corrected chi connectivity index (χ0v) is 58.7. The number of hydrogen-bond donors (Lipinski definition) is 2. The number of aliphatic hydroxyl groups is 2. The molecule has 4 rings (SSSR count). The molecule has 0 saturated carbocycles. The van der Waals surface area contributed by atoms with E-state index >= 15 is 0 Å². The Hall–Kier alpha value is -1.04. The van der Waals surface area contributed by atoms with Gasteiger partial charge in [0, 0.05) is 76.0 Å². The molecule has 4 atom stereocenters. The number of aliphatic hydroxyl groups excluding tert-OH is 2. The fourth-order valence-corrected chi connectivity index (χ4v) is 1.54. The minimum atomic E-state index is -0.500. The van der Waals surface area contributed by atoms with Gasteiger partial charge >= 0.3 is 0 Å². The number of nitrogens with zero attached hydrogens (tertiary/aromatic N) is 4. The number of nitro groups is 4. The third kappa shape index (κ3) is 489. The molecule has 2 N–H and O–H groups in total. The fraction of sp³-hybridized carbons (Fsp3) is 0.467. The molecule has 22 heteroatoms. The van der Waals surface area contributed by atoms with Gasteiger partial charge in [-0.1, -0.05) is 281 Å². The summed E-state index contributed by atoms with van der Waals surface area (Å²) in [5.41, 5.74) is 0. The molecule has 0 radical (unpaired) electrons. The van der Waals surface area contributed by atoms with Crippen molar-refractivity contribution in [2.24, 2.45) is 0 Å². The van der Waals surface area contributed by atoms with Crippen molar-refractivity contribution >= 4 is 83.5 Å². The molecule has 4 aromatic rings. The minimum absolute atomic E-state index is 0. The van der Waals surface area contributed by atoms with Gasteiger partial charge in [0.15, 0.2) is 28.2 Å². The van der Waals surface area contributed by atoms with Gasteiger partial charge in [-0.05, 0) is 8.86 Å². The van der Waals surface area contributed by atoms with Crippen LogP contribution >= 0.6 is 83.5 Å². The first-order valence-electron chi connectivity index (χ1n) is 19.2. The van der Waals surface area contributed by atoms with Crippen LogP contribution in [0.15, 0.2) is 146 Å². The topological polar surface area (TPSA) is 213 Å². The molecule has 0 bridgehead atoms. The van der Waals surface area contributed by atoms with Crippen LogP contribution in [-0.2, 0) is 42.1 Å². The molecule has 404 valence electrons. The summed E-state index contributed by atoms with van der Waals surface area (Å²) in [5.74, 6) is 0. The van der Waals surface area contributed by atoms with Crippen LogP contribution in [0.5, 0.6) is 0 Å². The maximum Gasteiger partial charge on any atom is 0.194 e. The van der Waals surface area contributed by atoms with Crippen LogP contribution in [0.2, 0.25) is 0 Å². The number of halogens is 2. The SMILES string of the molecule is C.CC.CC.CC.CC.CCI.CCI.CO.CO.CP.CP.C[N+](=O)[O-].C[N+](=O)[O-].C[N+](=O)[O-].C[N+](=O)[O-].P.P.[W].[W].c1ccccc1.c1ccccc1.c1ccccc1.c1ccccc1. The van der Waals surface area contributed by atoms with Gasteiger partial charge in [0.25, 0.3) is 0 Å². The Balaban J connectivity index is -0.0000000217. The molecule has 4 aromatic carbocycles. The monoisotopic (exact) mass is 1600 g/mol. The number of benzene rings is 4. The van der Waals surface area contributed by atoms with Crippen molar-refractivity contribution in [2.75, 3.05) is 64.6 Å². The third-order valence-electron chi connectivity index (χ3n) is 2.67. The average Bonchev–Trinajstić information content (AvgIpc) is 3.32. The van der Waals surface area contributed by atoms with Crippen LogP contribution in [0, 0.1) is 40.5 Å². The van der Waals surface area contributed by atoms with Crippen LogP contribution < -0.4 is 0 Å². The van der Waals surface area contributed by atoms with Crippen molar-refractivity contribution in [1.29, 1.82) is 0 Å². The summed E-state index contributed by atoms with van der Waals surface area (Å²) >= 11 is 4.58. The second-order valence-corrected chi connectivity index (χ2v) is 9.96. The Morgan fingerprint density at radius 3 is 0.373 bits per heavy atom. The van der Waals surface area contributed by atoms with E-state index in [2.05, 4.69) is 77.5 Å². The molecule has 0 heterocycles. The average molecular weight is 1600 g/mol. The van der Waals surface area contributed by atoms with Crippen molar-refractivity contribution in [2.45, 2.75) is 76.7 Å². The summed E-state index contributed by atoms with van der Waals surface area (Å²) in [6.45, 7) is 24.1. The Morgan fingerprint density at radius 2 is 0.358 bits per heavy atom. The molecule has 14 nitrogen and oxygen atoms in total. The summed E-state index contributed by atoms with van der Waals surface area (Å²) in [7, 11) is 10.4. The van der Waals surface area contributed by atoms with E-state index in [1.54, 1.807) is 0 Å². The van der Waals surface area contributed by atoms with Gasteiger partial charge in [0.1, 0.15) is 0 Å². The predicted octanol–water partition coefficient (Wildman–Crippen LogP) is 14.3. The second-order valence-electron chi connectivity index (χ2n) is 6.91. The smallest absolute Gasteiger partial charge is 0.194 e. The number of alkyl halides is 2. The quantitative estimate of drug-likeness (QED) is 0.0559. The largest absolute Gasteiger partial charge is 0.400 e. The zero-order valence-electron chi connectivity index (χ0n) is 43.4. The maximum atomic E-state index is 8.81. The molecule has 0 aliphatic rings. The molecule has 0 aliphatic carbocycles. The van der Waals surface area contributed by atoms with Crippen molar-refractivity contribution in [3.63, 3.8) is 0 Å².